The van der Waals surface area contributed by atoms with Crippen molar-refractivity contribution >= 4 is 15.9 Å². The number of sulfonamides is 1. The number of hydrogen-bond donors (Lipinski definition) is 3. The van der Waals surface area contributed by atoms with E-state index in [2.05, 4.69) is 4.72 Å². The van der Waals surface area contributed by atoms with E-state index in [0.29, 0.717) is 5.56 Å². The summed E-state index contributed by atoms with van der Waals surface area (Å²) in [6, 6.07) is 4.15. The van der Waals surface area contributed by atoms with Crippen LogP contribution in [0.3, 0.4) is 0 Å². The third-order valence-corrected chi connectivity index (χ3v) is 4.46. The lowest BCUT2D eigenvalue weighted by Crippen LogP contribution is -2.34. The fourth-order valence-electron chi connectivity index (χ4n) is 1.55. The number of aliphatic hydroxyl groups is 1. The highest BCUT2D eigenvalue weighted by atomic mass is 32.2. The van der Waals surface area contributed by atoms with E-state index in [-0.39, 0.29) is 22.9 Å². The number of amides is 1. The molecular formula is C13H20N2O4S. The molecule has 0 saturated heterocycles. The Kier molecular flexibility index (Phi) is 5.27. The molecule has 0 radical (unpaired) electrons. The van der Waals surface area contributed by atoms with Crippen LogP contribution in [0.25, 0.3) is 0 Å². The van der Waals surface area contributed by atoms with Crippen LogP contribution in [0.5, 0.6) is 0 Å². The van der Waals surface area contributed by atoms with Gasteiger partial charge in [0, 0.05) is 12.1 Å². The van der Waals surface area contributed by atoms with Crippen molar-refractivity contribution in [2.75, 3.05) is 6.54 Å². The summed E-state index contributed by atoms with van der Waals surface area (Å²) in [7, 11) is -3.78. The minimum atomic E-state index is -3.78. The number of nitrogens with one attached hydrogen (secondary N) is 1. The van der Waals surface area contributed by atoms with E-state index < -0.39 is 22.0 Å². The predicted octanol–water partition coefficient (Wildman–Crippen LogP) is 0.389. The van der Waals surface area contributed by atoms with Crippen molar-refractivity contribution in [1.29, 1.82) is 0 Å². The first kappa shape index (κ1) is 16.6. The van der Waals surface area contributed by atoms with Crippen LogP contribution in [-0.2, 0) is 10.0 Å². The maximum atomic E-state index is 12.1. The SMILES string of the molecule is Cc1ccc(S(=O)(=O)NCC(O)C(C)C)cc1C(N)=O. The molecule has 0 bridgehead atoms. The van der Waals surface area contributed by atoms with Crippen LogP contribution in [0.1, 0.15) is 29.8 Å². The van der Waals surface area contributed by atoms with Crippen LogP contribution in [0.4, 0.5) is 0 Å². The summed E-state index contributed by atoms with van der Waals surface area (Å²) in [5.41, 5.74) is 5.97. The quantitative estimate of drug-likeness (QED) is 0.706. The minimum absolute atomic E-state index is 0.0483. The number of carbonyl (C=O) groups excluding carboxylic acids is 1. The molecule has 1 atom stereocenters. The van der Waals surface area contributed by atoms with E-state index in [9.17, 15) is 18.3 Å². The maximum absolute atomic E-state index is 12.1. The first-order valence-corrected chi connectivity index (χ1v) is 7.71. The molecule has 1 rings (SSSR count). The van der Waals surface area contributed by atoms with E-state index in [1.165, 1.54) is 18.2 Å². The van der Waals surface area contributed by atoms with Gasteiger partial charge >= 0.3 is 0 Å². The number of benzene rings is 1. The van der Waals surface area contributed by atoms with Gasteiger partial charge in [-0.15, -0.1) is 0 Å². The van der Waals surface area contributed by atoms with E-state index in [0.717, 1.165) is 0 Å². The van der Waals surface area contributed by atoms with Gasteiger partial charge in [-0.05, 0) is 30.5 Å². The Morgan fingerprint density at radius 2 is 2.00 bits per heavy atom. The zero-order valence-corrected chi connectivity index (χ0v) is 12.6. The molecular weight excluding hydrogens is 280 g/mol. The Labute approximate surface area is 119 Å². The van der Waals surface area contributed by atoms with Gasteiger partial charge in [0.15, 0.2) is 0 Å². The van der Waals surface area contributed by atoms with Crippen LogP contribution in [-0.4, -0.2) is 32.1 Å². The van der Waals surface area contributed by atoms with Crippen molar-refractivity contribution in [3.8, 4) is 0 Å². The molecule has 0 heterocycles. The van der Waals surface area contributed by atoms with E-state index in [4.69, 9.17) is 5.73 Å². The molecule has 0 aliphatic heterocycles. The summed E-state index contributed by atoms with van der Waals surface area (Å²) < 4.78 is 26.5. The Hall–Kier alpha value is -1.44. The standard InChI is InChI=1S/C13H20N2O4S/c1-8(2)12(16)7-15-20(18,19)10-5-4-9(3)11(6-10)13(14)17/h4-6,8,12,15-16H,7H2,1-3H3,(H2,14,17). The summed E-state index contributed by atoms with van der Waals surface area (Å²) in [5, 5.41) is 9.62. The third-order valence-electron chi connectivity index (χ3n) is 3.04. The van der Waals surface area contributed by atoms with Crippen LogP contribution >= 0.6 is 0 Å². The third kappa shape index (κ3) is 4.03. The minimum Gasteiger partial charge on any atom is -0.391 e. The molecule has 20 heavy (non-hydrogen) atoms. The van der Waals surface area contributed by atoms with Gasteiger partial charge in [-0.1, -0.05) is 19.9 Å². The Morgan fingerprint density at radius 1 is 1.40 bits per heavy atom. The van der Waals surface area contributed by atoms with Gasteiger partial charge < -0.3 is 10.8 Å². The van der Waals surface area contributed by atoms with Crippen molar-refractivity contribution in [3.05, 3.63) is 29.3 Å². The molecule has 112 valence electrons. The number of carbonyl (C=O) groups is 1. The number of aryl methyl sites for hydroxylation is 1. The topological polar surface area (TPSA) is 109 Å². The molecule has 1 amide bonds. The van der Waals surface area contributed by atoms with Gasteiger partial charge in [-0.3, -0.25) is 4.79 Å². The van der Waals surface area contributed by atoms with E-state index in [1.54, 1.807) is 20.8 Å². The highest BCUT2D eigenvalue weighted by Crippen LogP contribution is 2.15. The number of hydrogen-bond acceptors (Lipinski definition) is 4. The summed E-state index contributed by atoms with van der Waals surface area (Å²) >= 11 is 0. The summed E-state index contributed by atoms with van der Waals surface area (Å²) in [4.78, 5) is 11.2. The van der Waals surface area contributed by atoms with Crippen molar-refractivity contribution in [1.82, 2.24) is 4.72 Å². The zero-order valence-electron chi connectivity index (χ0n) is 11.8. The Bertz CT molecular complexity index is 596. The largest absolute Gasteiger partial charge is 0.391 e. The molecule has 1 aromatic carbocycles. The number of rotatable bonds is 6. The number of nitrogens with two attached hydrogens (primary N) is 1. The predicted molar refractivity (Wildman–Crippen MR) is 75.7 cm³/mol. The Balaban J connectivity index is 2.99. The monoisotopic (exact) mass is 300 g/mol. The first-order valence-electron chi connectivity index (χ1n) is 6.23. The van der Waals surface area contributed by atoms with E-state index in [1.807, 2.05) is 0 Å². The molecule has 7 heteroatoms. The zero-order chi connectivity index (χ0) is 15.5. The van der Waals surface area contributed by atoms with Gasteiger partial charge in [0.2, 0.25) is 15.9 Å². The van der Waals surface area contributed by atoms with Gasteiger partial charge in [-0.2, -0.15) is 0 Å². The molecule has 6 nitrogen and oxygen atoms in total. The van der Waals surface area contributed by atoms with Crippen LogP contribution < -0.4 is 10.5 Å². The molecule has 1 unspecified atom stereocenters. The fraction of sp³-hybridized carbons (Fsp3) is 0.462. The van der Waals surface area contributed by atoms with Crippen molar-refractivity contribution in [2.24, 2.45) is 11.7 Å². The second-order valence-electron chi connectivity index (χ2n) is 5.00. The second kappa shape index (κ2) is 6.34. The molecule has 0 spiro atoms. The molecule has 0 aliphatic carbocycles. The van der Waals surface area contributed by atoms with Gasteiger partial charge in [0.1, 0.15) is 0 Å². The smallest absolute Gasteiger partial charge is 0.249 e. The molecule has 0 aromatic heterocycles. The lowest BCUT2D eigenvalue weighted by atomic mass is 10.1. The van der Waals surface area contributed by atoms with Crippen LogP contribution in [0, 0.1) is 12.8 Å². The highest BCUT2D eigenvalue weighted by molar-refractivity contribution is 7.89. The first-order chi connectivity index (χ1) is 9.15. The number of primary amides is 1. The van der Waals surface area contributed by atoms with Gasteiger partial charge in [0.25, 0.3) is 0 Å². The van der Waals surface area contributed by atoms with Crippen molar-refractivity contribution in [2.45, 2.75) is 31.8 Å². The fourth-order valence-corrected chi connectivity index (χ4v) is 2.62. The van der Waals surface area contributed by atoms with E-state index >= 15 is 0 Å². The lowest BCUT2D eigenvalue weighted by molar-refractivity contribution is 0.0999. The lowest BCUT2D eigenvalue weighted by Gasteiger charge is -2.15. The molecule has 0 aliphatic rings. The Morgan fingerprint density at radius 3 is 2.50 bits per heavy atom. The van der Waals surface area contributed by atoms with Gasteiger partial charge in [-0.25, -0.2) is 13.1 Å². The highest BCUT2D eigenvalue weighted by Gasteiger charge is 2.19. The summed E-state index contributed by atoms with van der Waals surface area (Å²) in [5.74, 6) is -0.737. The molecule has 0 fully saturated rings. The van der Waals surface area contributed by atoms with Crippen molar-refractivity contribution < 1.29 is 18.3 Å². The normalized spacial score (nSPS) is 13.4. The molecule has 4 N–H and O–H groups in total. The molecule has 0 saturated carbocycles. The summed E-state index contributed by atoms with van der Waals surface area (Å²) in [6.07, 6.45) is -0.772. The van der Waals surface area contributed by atoms with Crippen LogP contribution in [0.15, 0.2) is 23.1 Å². The van der Waals surface area contributed by atoms with Gasteiger partial charge in [0.05, 0.1) is 11.0 Å². The molecule has 1 aromatic rings. The average molecular weight is 300 g/mol. The maximum Gasteiger partial charge on any atom is 0.249 e. The summed E-state index contributed by atoms with van der Waals surface area (Å²) in [6.45, 7) is 5.16. The number of aliphatic hydroxyl groups excluding tert-OH is 1. The van der Waals surface area contributed by atoms with Crippen molar-refractivity contribution in [3.63, 3.8) is 0 Å². The van der Waals surface area contributed by atoms with Crippen LogP contribution in [0.2, 0.25) is 0 Å². The second-order valence-corrected chi connectivity index (χ2v) is 6.77. The average Bonchev–Trinajstić information content (AvgIpc) is 2.35.